The number of benzene rings is 2. The van der Waals surface area contributed by atoms with Gasteiger partial charge < -0.3 is 10.1 Å². The molecule has 22 heavy (non-hydrogen) atoms. The molecule has 0 spiro atoms. The third kappa shape index (κ3) is 6.31. The minimum Gasteiger partial charge on any atom is -0.494 e. The molecule has 2 aromatic carbocycles. The molecule has 0 radical (unpaired) electrons. The van der Waals surface area contributed by atoms with Crippen LogP contribution in [0.3, 0.4) is 0 Å². The first-order chi connectivity index (χ1) is 10.9. The van der Waals surface area contributed by atoms with Gasteiger partial charge >= 0.3 is 0 Å². The Hall–Kier alpha value is -1.80. The molecule has 0 saturated carbocycles. The Morgan fingerprint density at radius 1 is 0.773 bits per heavy atom. The number of hydrogen-bond donors (Lipinski definition) is 1. The summed E-state index contributed by atoms with van der Waals surface area (Å²) in [5, 5.41) is 3.46. The van der Waals surface area contributed by atoms with E-state index in [0.717, 1.165) is 31.9 Å². The molecule has 0 aliphatic heterocycles. The molecule has 0 aliphatic carbocycles. The Bertz CT molecular complexity index is 507. The van der Waals surface area contributed by atoms with E-state index < -0.39 is 0 Å². The molecule has 0 unspecified atom stereocenters. The van der Waals surface area contributed by atoms with Crippen molar-refractivity contribution < 1.29 is 4.74 Å². The predicted octanol–water partition coefficient (Wildman–Crippen LogP) is 4.94. The number of rotatable bonds is 10. The van der Waals surface area contributed by atoms with Crippen molar-refractivity contribution in [3.05, 3.63) is 65.7 Å². The fourth-order valence-corrected chi connectivity index (χ4v) is 2.37. The molecule has 0 amide bonds. The molecule has 0 aliphatic rings. The van der Waals surface area contributed by atoms with Crippen molar-refractivity contribution in [3.8, 4) is 5.75 Å². The van der Waals surface area contributed by atoms with Crippen LogP contribution in [0.5, 0.6) is 5.75 Å². The highest BCUT2D eigenvalue weighted by atomic mass is 16.5. The highest BCUT2D eigenvalue weighted by Crippen LogP contribution is 2.13. The second-order valence-corrected chi connectivity index (χ2v) is 5.64. The zero-order valence-electron chi connectivity index (χ0n) is 13.6. The SMILES string of the molecule is CCCCCCOc1ccc(CNCc2ccccc2)cc1. The second kappa shape index (κ2) is 10.0. The standard InChI is InChI=1S/C20H27NO/c1-2-3-4-8-15-22-20-13-11-19(12-14-20)17-21-16-18-9-6-5-7-10-18/h5-7,9-14,21H,2-4,8,15-17H2,1H3. The van der Waals surface area contributed by atoms with Crippen LogP contribution in [0, 0.1) is 0 Å². The van der Waals surface area contributed by atoms with Crippen LogP contribution in [0.15, 0.2) is 54.6 Å². The molecule has 0 heterocycles. The van der Waals surface area contributed by atoms with Crippen LogP contribution in [0.4, 0.5) is 0 Å². The quantitative estimate of drug-likeness (QED) is 0.627. The van der Waals surface area contributed by atoms with Gasteiger partial charge in [0.2, 0.25) is 0 Å². The molecular formula is C20H27NO. The summed E-state index contributed by atoms with van der Waals surface area (Å²) in [5.41, 5.74) is 2.60. The first kappa shape index (κ1) is 16.6. The van der Waals surface area contributed by atoms with Gasteiger partial charge in [0, 0.05) is 13.1 Å². The van der Waals surface area contributed by atoms with Crippen LogP contribution < -0.4 is 10.1 Å². The molecule has 0 aromatic heterocycles. The molecule has 0 bridgehead atoms. The van der Waals surface area contributed by atoms with E-state index in [1.165, 1.54) is 30.4 Å². The van der Waals surface area contributed by atoms with Crippen molar-refractivity contribution in [1.29, 1.82) is 0 Å². The Morgan fingerprint density at radius 2 is 1.45 bits per heavy atom. The van der Waals surface area contributed by atoms with Gasteiger partial charge in [0.15, 0.2) is 0 Å². The average molecular weight is 297 g/mol. The first-order valence-corrected chi connectivity index (χ1v) is 8.35. The van der Waals surface area contributed by atoms with Gasteiger partial charge in [0.05, 0.1) is 6.61 Å². The van der Waals surface area contributed by atoms with Gasteiger partial charge in [-0.2, -0.15) is 0 Å². The summed E-state index contributed by atoms with van der Waals surface area (Å²) < 4.78 is 5.76. The van der Waals surface area contributed by atoms with Crippen molar-refractivity contribution in [2.24, 2.45) is 0 Å². The second-order valence-electron chi connectivity index (χ2n) is 5.64. The molecule has 0 atom stereocenters. The van der Waals surface area contributed by atoms with Crippen molar-refractivity contribution in [1.82, 2.24) is 5.32 Å². The summed E-state index contributed by atoms with van der Waals surface area (Å²) in [6, 6.07) is 18.9. The van der Waals surface area contributed by atoms with Crippen molar-refractivity contribution in [2.45, 2.75) is 45.7 Å². The summed E-state index contributed by atoms with van der Waals surface area (Å²) in [6.07, 6.45) is 4.98. The van der Waals surface area contributed by atoms with Gasteiger partial charge in [0.25, 0.3) is 0 Å². The zero-order chi connectivity index (χ0) is 15.5. The molecule has 0 saturated heterocycles. The van der Waals surface area contributed by atoms with E-state index in [2.05, 4.69) is 60.8 Å². The highest BCUT2D eigenvalue weighted by molar-refractivity contribution is 5.27. The van der Waals surface area contributed by atoms with Gasteiger partial charge in [-0.25, -0.2) is 0 Å². The Labute approximate surface area is 134 Å². The lowest BCUT2D eigenvalue weighted by molar-refractivity contribution is 0.305. The van der Waals surface area contributed by atoms with Crippen molar-refractivity contribution in [3.63, 3.8) is 0 Å². The van der Waals surface area contributed by atoms with Crippen molar-refractivity contribution in [2.75, 3.05) is 6.61 Å². The van der Waals surface area contributed by atoms with Gasteiger partial charge in [-0.05, 0) is 29.7 Å². The molecule has 2 heteroatoms. The fraction of sp³-hybridized carbons (Fsp3) is 0.400. The van der Waals surface area contributed by atoms with E-state index in [9.17, 15) is 0 Å². The molecule has 2 rings (SSSR count). The van der Waals surface area contributed by atoms with Crippen LogP contribution in [-0.2, 0) is 13.1 Å². The van der Waals surface area contributed by atoms with Crippen molar-refractivity contribution >= 4 is 0 Å². The maximum atomic E-state index is 5.76. The van der Waals surface area contributed by atoms with E-state index >= 15 is 0 Å². The number of unbranched alkanes of at least 4 members (excludes halogenated alkanes) is 3. The summed E-state index contributed by atoms with van der Waals surface area (Å²) in [6.45, 7) is 4.83. The van der Waals surface area contributed by atoms with E-state index in [4.69, 9.17) is 4.74 Å². The van der Waals surface area contributed by atoms with Crippen LogP contribution in [0.1, 0.15) is 43.7 Å². The molecule has 118 valence electrons. The zero-order valence-corrected chi connectivity index (χ0v) is 13.6. The summed E-state index contributed by atoms with van der Waals surface area (Å²) >= 11 is 0. The van der Waals surface area contributed by atoms with Gasteiger partial charge in [0.1, 0.15) is 5.75 Å². The summed E-state index contributed by atoms with van der Waals surface area (Å²) in [4.78, 5) is 0. The third-order valence-corrected chi connectivity index (χ3v) is 3.69. The van der Waals surface area contributed by atoms with E-state index in [-0.39, 0.29) is 0 Å². The predicted molar refractivity (Wildman–Crippen MR) is 93.1 cm³/mol. The number of ether oxygens (including phenoxy) is 1. The minimum absolute atomic E-state index is 0.825. The molecule has 2 nitrogen and oxygen atoms in total. The Kier molecular flexibility index (Phi) is 7.54. The lowest BCUT2D eigenvalue weighted by Crippen LogP contribution is -2.12. The fourth-order valence-electron chi connectivity index (χ4n) is 2.37. The van der Waals surface area contributed by atoms with Gasteiger partial charge in [-0.15, -0.1) is 0 Å². The Morgan fingerprint density at radius 3 is 2.14 bits per heavy atom. The number of hydrogen-bond acceptors (Lipinski definition) is 2. The highest BCUT2D eigenvalue weighted by Gasteiger charge is 1.97. The Balaban J connectivity index is 1.66. The smallest absolute Gasteiger partial charge is 0.119 e. The first-order valence-electron chi connectivity index (χ1n) is 8.35. The maximum Gasteiger partial charge on any atom is 0.119 e. The van der Waals surface area contributed by atoms with Crippen LogP contribution in [0.2, 0.25) is 0 Å². The minimum atomic E-state index is 0.825. The number of nitrogens with one attached hydrogen (secondary N) is 1. The normalized spacial score (nSPS) is 10.6. The molecular weight excluding hydrogens is 270 g/mol. The van der Waals surface area contributed by atoms with E-state index in [0.29, 0.717) is 0 Å². The lowest BCUT2D eigenvalue weighted by Gasteiger charge is -2.08. The molecule has 2 aromatic rings. The third-order valence-electron chi connectivity index (χ3n) is 3.69. The van der Waals surface area contributed by atoms with Crippen LogP contribution >= 0.6 is 0 Å². The van der Waals surface area contributed by atoms with E-state index in [1.807, 2.05) is 6.07 Å². The topological polar surface area (TPSA) is 21.3 Å². The maximum absolute atomic E-state index is 5.76. The summed E-state index contributed by atoms with van der Waals surface area (Å²) in [5.74, 6) is 0.975. The lowest BCUT2D eigenvalue weighted by atomic mass is 10.2. The van der Waals surface area contributed by atoms with E-state index in [1.54, 1.807) is 0 Å². The van der Waals surface area contributed by atoms with Crippen LogP contribution in [-0.4, -0.2) is 6.61 Å². The van der Waals surface area contributed by atoms with Crippen LogP contribution in [0.25, 0.3) is 0 Å². The monoisotopic (exact) mass is 297 g/mol. The molecule has 0 fully saturated rings. The van der Waals surface area contributed by atoms with Gasteiger partial charge in [-0.1, -0.05) is 68.7 Å². The summed E-state index contributed by atoms with van der Waals surface area (Å²) in [7, 11) is 0. The average Bonchev–Trinajstić information content (AvgIpc) is 2.57. The van der Waals surface area contributed by atoms with Gasteiger partial charge in [-0.3, -0.25) is 0 Å². The molecule has 1 N–H and O–H groups in total. The largest absolute Gasteiger partial charge is 0.494 e.